The molecule has 1 aromatic heterocycles. The number of phenolic OH excluding ortho intramolecular Hbond substituents is 1. The van der Waals surface area contributed by atoms with Gasteiger partial charge < -0.3 is 35.9 Å². The number of Topliss-reactive ketones (excluding diaryl/α,β-unsaturated/α-hetero) is 2. The fourth-order valence-corrected chi connectivity index (χ4v) is 6.51. The number of nitrogens with zero attached hydrogens (tertiary/aromatic N) is 2. The van der Waals surface area contributed by atoms with Crippen LogP contribution in [0.5, 0.6) is 5.75 Å². The van der Waals surface area contributed by atoms with Gasteiger partial charge in [0.05, 0.1) is 17.3 Å². The van der Waals surface area contributed by atoms with E-state index in [1.54, 1.807) is 26.2 Å². The number of hydrogen-bond donors (Lipinski definition) is 6. The molecule has 4 atom stereocenters. The molecule has 2 aromatic carbocycles. The number of fused-ring (bicyclic) bond motifs is 3. The van der Waals surface area contributed by atoms with Gasteiger partial charge in [-0.15, -0.1) is 0 Å². The van der Waals surface area contributed by atoms with Crippen molar-refractivity contribution in [3.8, 4) is 17.0 Å². The quantitative estimate of drug-likeness (QED) is 0.194. The lowest BCUT2D eigenvalue weighted by Crippen LogP contribution is -2.65. The number of nitrogens with two attached hydrogens (primary N) is 1. The van der Waals surface area contributed by atoms with Crippen molar-refractivity contribution in [2.75, 3.05) is 19.4 Å². The molecule has 0 spiro atoms. The molecule has 12 nitrogen and oxygen atoms in total. The third-order valence-corrected chi connectivity index (χ3v) is 8.41. The van der Waals surface area contributed by atoms with Gasteiger partial charge in [-0.3, -0.25) is 19.3 Å². The van der Waals surface area contributed by atoms with Crippen LogP contribution in [0.3, 0.4) is 0 Å². The van der Waals surface area contributed by atoms with Gasteiger partial charge >= 0.3 is 0 Å². The third-order valence-electron chi connectivity index (χ3n) is 8.41. The van der Waals surface area contributed by atoms with Crippen molar-refractivity contribution in [2.24, 2.45) is 17.6 Å². The van der Waals surface area contributed by atoms with Gasteiger partial charge in [0.2, 0.25) is 5.78 Å². The summed E-state index contributed by atoms with van der Waals surface area (Å²) in [5, 5.41) is 48.1. The number of anilines is 2. The molecule has 0 radical (unpaired) electrons. The van der Waals surface area contributed by atoms with E-state index in [9.17, 15) is 34.8 Å². The largest absolute Gasteiger partial charge is 0.508 e. The number of hydrogen-bond acceptors (Lipinski definition) is 11. The Labute approximate surface area is 239 Å². The Balaban J connectivity index is 1.41. The lowest BCUT2D eigenvalue weighted by molar-refractivity contribution is -0.153. The minimum Gasteiger partial charge on any atom is -0.508 e. The molecule has 0 bridgehead atoms. The molecule has 1 saturated carbocycles. The predicted molar refractivity (Wildman–Crippen MR) is 149 cm³/mol. The molecule has 3 aliphatic carbocycles. The molecule has 3 aromatic rings. The topological polar surface area (TPSA) is 199 Å². The van der Waals surface area contributed by atoms with Crippen LogP contribution in [0.1, 0.15) is 17.5 Å². The summed E-state index contributed by atoms with van der Waals surface area (Å²) < 4.78 is 5.51. The summed E-state index contributed by atoms with van der Waals surface area (Å²) in [6.07, 6.45) is 1.66. The van der Waals surface area contributed by atoms with E-state index < -0.39 is 58.0 Å². The van der Waals surface area contributed by atoms with E-state index in [1.807, 2.05) is 30.3 Å². The molecule has 0 unspecified atom stereocenters. The summed E-state index contributed by atoms with van der Waals surface area (Å²) in [6.45, 7) is 0. The van der Waals surface area contributed by atoms with Gasteiger partial charge in [-0.25, -0.2) is 0 Å². The van der Waals surface area contributed by atoms with Crippen LogP contribution in [0, 0.1) is 11.8 Å². The number of rotatable bonds is 5. The molecule has 12 heteroatoms. The Hall–Kier alpha value is -4.94. The lowest BCUT2D eigenvalue weighted by atomic mass is 9.57. The van der Waals surface area contributed by atoms with Gasteiger partial charge in [0, 0.05) is 17.1 Å². The van der Waals surface area contributed by atoms with Crippen molar-refractivity contribution < 1.29 is 39.2 Å². The second kappa shape index (κ2) is 9.57. The normalized spacial score (nSPS) is 25.3. The number of aliphatic hydroxyl groups excluding tert-OH is 2. The first-order chi connectivity index (χ1) is 19.9. The Morgan fingerprint density at radius 1 is 1.12 bits per heavy atom. The first-order valence-electron chi connectivity index (χ1n) is 13.2. The lowest BCUT2D eigenvalue weighted by Gasteiger charge is -2.50. The molecule has 216 valence electrons. The number of phenols is 1. The number of likely N-dealkylation sites (N-methyl/N-ethyl adjacent to an activating group) is 1. The van der Waals surface area contributed by atoms with Gasteiger partial charge in [0.1, 0.15) is 34.8 Å². The number of aromatic nitrogens is 1. The highest BCUT2D eigenvalue weighted by molar-refractivity contribution is 6.24. The SMILES string of the molecule is CN(C)[C@H]1C(=O)C(C(N)=O)=C(O)[C@]2(O)C(=O)C3=C(O)c4c(ccc(Nc5nc(-c6ccccc6)co5)c4O)C[C@@H]3C[C@H]12. The van der Waals surface area contributed by atoms with Crippen LogP contribution in [0.25, 0.3) is 17.0 Å². The molecule has 42 heavy (non-hydrogen) atoms. The van der Waals surface area contributed by atoms with Crippen LogP contribution in [-0.4, -0.2) is 73.5 Å². The van der Waals surface area contributed by atoms with Crippen molar-refractivity contribution >= 4 is 34.9 Å². The predicted octanol–water partition coefficient (Wildman–Crippen LogP) is 2.36. The fraction of sp³-hybridized carbons (Fsp3) is 0.267. The maximum absolute atomic E-state index is 13.9. The van der Waals surface area contributed by atoms with Gasteiger partial charge in [-0.2, -0.15) is 4.98 Å². The number of carbonyl (C=O) groups is 3. The molecule has 0 saturated heterocycles. The van der Waals surface area contributed by atoms with E-state index in [2.05, 4.69) is 10.3 Å². The molecule has 7 N–H and O–H groups in total. The van der Waals surface area contributed by atoms with Crippen LogP contribution in [0.2, 0.25) is 0 Å². The molecule has 1 fully saturated rings. The molecule has 3 aliphatic rings. The van der Waals surface area contributed by atoms with Crippen LogP contribution in [0.15, 0.2) is 70.1 Å². The highest BCUT2D eigenvalue weighted by Gasteiger charge is 2.64. The Morgan fingerprint density at radius 2 is 1.83 bits per heavy atom. The van der Waals surface area contributed by atoms with Crippen molar-refractivity contribution in [2.45, 2.75) is 24.5 Å². The molecular formula is C30H28N4O8. The number of carbonyl (C=O) groups excluding carboxylic acids is 3. The monoisotopic (exact) mass is 572 g/mol. The van der Waals surface area contributed by atoms with Gasteiger partial charge in [0.15, 0.2) is 11.4 Å². The highest BCUT2D eigenvalue weighted by Crippen LogP contribution is 2.53. The number of primary amides is 1. The fourth-order valence-electron chi connectivity index (χ4n) is 6.51. The minimum absolute atomic E-state index is 0.0190. The van der Waals surface area contributed by atoms with Crippen molar-refractivity contribution in [1.29, 1.82) is 0 Å². The number of benzene rings is 2. The summed E-state index contributed by atoms with van der Waals surface area (Å²) in [5.41, 5.74) is 3.60. The summed E-state index contributed by atoms with van der Waals surface area (Å²) in [4.78, 5) is 45.1. The molecular weight excluding hydrogens is 544 g/mol. The summed E-state index contributed by atoms with van der Waals surface area (Å²) >= 11 is 0. The molecule has 0 aliphatic heterocycles. The molecule has 6 rings (SSSR count). The summed E-state index contributed by atoms with van der Waals surface area (Å²) in [5.74, 6) is -7.02. The number of oxazole rings is 1. The number of aliphatic hydroxyl groups is 3. The van der Waals surface area contributed by atoms with Gasteiger partial charge in [-0.05, 0) is 44.5 Å². The Bertz CT molecular complexity index is 1720. The van der Waals surface area contributed by atoms with Crippen molar-refractivity contribution in [1.82, 2.24) is 9.88 Å². The van der Waals surface area contributed by atoms with Crippen molar-refractivity contribution in [3.63, 3.8) is 0 Å². The number of amides is 1. The summed E-state index contributed by atoms with van der Waals surface area (Å²) in [6, 6.07) is 11.5. The number of aromatic hydroxyl groups is 1. The standard InChI is InChI=1S/C30H28N4O8/c1-34(2)22-16-11-15-10-14-8-9-17(32-29-33-18(12-42-29)13-6-4-3-5-7-13)23(35)19(14)24(36)20(15)26(38)30(16,41)27(39)21(25(22)37)28(31)40/h3-9,12,15-16,22,35-36,39,41H,10-11H2,1-2H3,(H2,31,40)(H,32,33)/t15-,16-,22-,30-/m1/s1. The molecule has 1 amide bonds. The minimum atomic E-state index is -2.69. The smallest absolute Gasteiger partial charge is 0.299 e. The van der Waals surface area contributed by atoms with E-state index in [4.69, 9.17) is 10.2 Å². The molecule has 1 heterocycles. The van der Waals surface area contributed by atoms with E-state index in [1.165, 1.54) is 11.2 Å². The summed E-state index contributed by atoms with van der Waals surface area (Å²) in [7, 11) is 3.10. The third kappa shape index (κ3) is 3.83. The maximum Gasteiger partial charge on any atom is 0.299 e. The zero-order valence-corrected chi connectivity index (χ0v) is 22.7. The van der Waals surface area contributed by atoms with E-state index in [-0.39, 0.29) is 41.4 Å². The highest BCUT2D eigenvalue weighted by atomic mass is 16.4. The Morgan fingerprint density at radius 3 is 2.50 bits per heavy atom. The zero-order chi connectivity index (χ0) is 30.1. The van der Waals surface area contributed by atoms with Crippen LogP contribution in [-0.2, 0) is 20.8 Å². The maximum atomic E-state index is 13.9. The number of ketones is 2. The van der Waals surface area contributed by atoms with E-state index >= 15 is 0 Å². The van der Waals surface area contributed by atoms with Crippen LogP contribution >= 0.6 is 0 Å². The first kappa shape index (κ1) is 27.2. The average Bonchev–Trinajstić information content (AvgIpc) is 3.41. The van der Waals surface area contributed by atoms with Gasteiger partial charge in [0.25, 0.3) is 11.9 Å². The van der Waals surface area contributed by atoms with Crippen LogP contribution < -0.4 is 11.1 Å². The van der Waals surface area contributed by atoms with Gasteiger partial charge in [-0.1, -0.05) is 36.4 Å². The van der Waals surface area contributed by atoms with Crippen LogP contribution in [0.4, 0.5) is 11.7 Å². The second-order valence-corrected chi connectivity index (χ2v) is 11.0. The number of nitrogens with one attached hydrogen (secondary N) is 1. The van der Waals surface area contributed by atoms with Crippen molar-refractivity contribution in [3.05, 3.63) is 76.8 Å². The second-order valence-electron chi connectivity index (χ2n) is 11.0. The first-order valence-corrected chi connectivity index (χ1v) is 13.2. The average molecular weight is 573 g/mol. The Kier molecular flexibility index (Phi) is 6.21. The van der Waals surface area contributed by atoms with E-state index in [0.29, 0.717) is 11.3 Å². The zero-order valence-electron chi connectivity index (χ0n) is 22.7. The van der Waals surface area contributed by atoms with E-state index in [0.717, 1.165) is 5.56 Å².